The second-order valence-corrected chi connectivity index (χ2v) is 10.3. The molecule has 1 unspecified atom stereocenters. The summed E-state index contributed by atoms with van der Waals surface area (Å²) in [6, 6.07) is 11.8. The molecule has 1 aliphatic heterocycles. The van der Waals surface area contributed by atoms with Crippen LogP contribution in [0.3, 0.4) is 0 Å². The lowest BCUT2D eigenvalue weighted by molar-refractivity contribution is 0.0280. The first-order valence-corrected chi connectivity index (χ1v) is 12.6. The fraction of sp³-hybridized carbons (Fsp3) is 0.500. The lowest BCUT2D eigenvalue weighted by atomic mass is 9.96. The number of aryl methyl sites for hydroxylation is 1. The molecule has 0 saturated carbocycles. The van der Waals surface area contributed by atoms with Crippen molar-refractivity contribution in [2.45, 2.75) is 78.0 Å². The summed E-state index contributed by atoms with van der Waals surface area (Å²) < 4.78 is 11.5. The number of hydrogen-bond acceptors (Lipinski definition) is 4. The minimum absolute atomic E-state index is 0.00513. The maximum Gasteiger partial charge on any atom is 0.414 e. The molecule has 1 N–H and O–H groups in total. The Morgan fingerprint density at radius 3 is 2.66 bits per heavy atom. The van der Waals surface area contributed by atoms with Crippen molar-refractivity contribution in [1.82, 2.24) is 14.8 Å². The Bertz CT molecular complexity index is 1040. The lowest BCUT2D eigenvalue weighted by Crippen LogP contribution is -2.44. The Balaban J connectivity index is 1.53. The maximum atomic E-state index is 13.5. The van der Waals surface area contributed by atoms with Crippen molar-refractivity contribution in [3.8, 4) is 5.75 Å². The number of ether oxygens (including phenoxy) is 2. The average molecular weight is 480 g/mol. The monoisotopic (exact) mass is 479 g/mol. The summed E-state index contributed by atoms with van der Waals surface area (Å²) >= 11 is 0. The van der Waals surface area contributed by atoms with Gasteiger partial charge in [-0.1, -0.05) is 36.4 Å². The summed E-state index contributed by atoms with van der Waals surface area (Å²) in [6.07, 6.45) is 5.85. The molecule has 188 valence electrons. The molecule has 1 aromatic heterocycles. The van der Waals surface area contributed by atoms with Crippen LogP contribution in [0, 0.1) is 0 Å². The van der Waals surface area contributed by atoms with Crippen molar-refractivity contribution in [3.63, 3.8) is 0 Å². The van der Waals surface area contributed by atoms with Crippen LogP contribution in [0.5, 0.6) is 5.75 Å². The molecule has 1 atom stereocenters. The van der Waals surface area contributed by atoms with Crippen LogP contribution in [0.2, 0.25) is 0 Å². The van der Waals surface area contributed by atoms with Gasteiger partial charge in [0, 0.05) is 30.8 Å². The highest BCUT2D eigenvalue weighted by atomic mass is 16.6. The number of aromatic amines is 1. The smallest absolute Gasteiger partial charge is 0.414 e. The minimum atomic E-state index is -0.596. The standard InChI is InChI=1S/C28H37N3O4/c1-5-30(26(32)24-18-25-23(29-24)15-10-16-34-25)21-13-9-14-22(17-21)31(27(33)35-28(2,3)4)19-20-11-7-6-8-12-20/h6-8,11-12,14,18,21,29H,5,9-10,13,15-17,19H2,1-4H3. The van der Waals surface area contributed by atoms with E-state index in [1.54, 1.807) is 4.90 Å². The number of amides is 2. The number of benzene rings is 1. The van der Waals surface area contributed by atoms with Gasteiger partial charge in [-0.05, 0) is 58.9 Å². The Hall–Kier alpha value is -3.22. The zero-order valence-corrected chi connectivity index (χ0v) is 21.3. The largest absolute Gasteiger partial charge is 0.492 e. The zero-order chi connectivity index (χ0) is 25.0. The van der Waals surface area contributed by atoms with Gasteiger partial charge in [0.25, 0.3) is 5.91 Å². The van der Waals surface area contributed by atoms with Crippen LogP contribution < -0.4 is 4.74 Å². The van der Waals surface area contributed by atoms with Crippen molar-refractivity contribution in [2.75, 3.05) is 13.2 Å². The predicted octanol–water partition coefficient (Wildman–Crippen LogP) is 5.68. The fourth-order valence-corrected chi connectivity index (χ4v) is 4.78. The second kappa shape index (κ2) is 10.6. The summed E-state index contributed by atoms with van der Waals surface area (Å²) in [7, 11) is 0. The summed E-state index contributed by atoms with van der Waals surface area (Å²) in [6.45, 7) is 9.34. The molecular formula is C28H37N3O4. The first-order chi connectivity index (χ1) is 16.7. The van der Waals surface area contributed by atoms with Crippen LogP contribution in [-0.2, 0) is 17.7 Å². The SMILES string of the molecule is CCN(C(=O)c1cc2c([nH]1)CCCO2)C1CCC=C(N(Cc2ccccc2)C(=O)OC(C)(C)C)C1. The molecule has 7 nitrogen and oxygen atoms in total. The molecule has 0 radical (unpaired) electrons. The van der Waals surface area contributed by atoms with E-state index in [2.05, 4.69) is 11.1 Å². The van der Waals surface area contributed by atoms with E-state index in [4.69, 9.17) is 9.47 Å². The minimum Gasteiger partial charge on any atom is -0.492 e. The van der Waals surface area contributed by atoms with Crippen LogP contribution in [0.1, 0.15) is 75.1 Å². The van der Waals surface area contributed by atoms with Crippen molar-refractivity contribution in [2.24, 2.45) is 0 Å². The topological polar surface area (TPSA) is 74.9 Å². The number of hydrogen-bond donors (Lipinski definition) is 1. The molecular weight excluding hydrogens is 442 g/mol. The highest BCUT2D eigenvalue weighted by Crippen LogP contribution is 2.31. The molecule has 2 aromatic rings. The van der Waals surface area contributed by atoms with E-state index >= 15 is 0 Å². The van der Waals surface area contributed by atoms with Crippen LogP contribution in [0.25, 0.3) is 0 Å². The van der Waals surface area contributed by atoms with Crippen molar-refractivity contribution >= 4 is 12.0 Å². The Morgan fingerprint density at radius 1 is 1.20 bits per heavy atom. The van der Waals surface area contributed by atoms with Gasteiger partial charge in [0.1, 0.15) is 17.0 Å². The van der Waals surface area contributed by atoms with Crippen molar-refractivity contribution in [1.29, 1.82) is 0 Å². The van der Waals surface area contributed by atoms with E-state index in [1.165, 1.54) is 0 Å². The molecule has 1 aliphatic carbocycles. The van der Waals surface area contributed by atoms with Crippen LogP contribution in [0.15, 0.2) is 48.2 Å². The van der Waals surface area contributed by atoms with E-state index in [-0.39, 0.29) is 18.0 Å². The Morgan fingerprint density at radius 2 is 1.97 bits per heavy atom. The molecule has 4 rings (SSSR count). The number of nitrogens with zero attached hydrogens (tertiary/aromatic N) is 2. The lowest BCUT2D eigenvalue weighted by Gasteiger charge is -2.37. The second-order valence-electron chi connectivity index (χ2n) is 10.3. The van der Waals surface area contributed by atoms with E-state index in [0.29, 0.717) is 31.8 Å². The first-order valence-electron chi connectivity index (χ1n) is 12.6. The molecule has 35 heavy (non-hydrogen) atoms. The quantitative estimate of drug-likeness (QED) is 0.579. The van der Waals surface area contributed by atoms with Crippen LogP contribution in [0.4, 0.5) is 4.79 Å². The molecule has 0 saturated heterocycles. The van der Waals surface area contributed by atoms with E-state index < -0.39 is 5.60 Å². The summed E-state index contributed by atoms with van der Waals surface area (Å²) in [5.41, 5.74) is 2.91. The zero-order valence-electron chi connectivity index (χ0n) is 21.3. The molecule has 2 aliphatic rings. The number of nitrogens with one attached hydrogen (secondary N) is 1. The van der Waals surface area contributed by atoms with Crippen molar-refractivity contribution in [3.05, 3.63) is 65.1 Å². The number of rotatable bonds is 6. The van der Waals surface area contributed by atoms with Gasteiger partial charge < -0.3 is 19.4 Å². The van der Waals surface area contributed by atoms with Crippen LogP contribution >= 0.6 is 0 Å². The highest BCUT2D eigenvalue weighted by Gasteiger charge is 2.32. The van der Waals surface area contributed by atoms with E-state index in [0.717, 1.165) is 48.4 Å². The highest BCUT2D eigenvalue weighted by molar-refractivity contribution is 5.93. The Labute approximate surface area is 208 Å². The van der Waals surface area contributed by atoms with Gasteiger partial charge in [0.15, 0.2) is 0 Å². The number of carbonyl (C=O) groups is 2. The van der Waals surface area contributed by atoms with E-state index in [9.17, 15) is 9.59 Å². The first kappa shape index (κ1) is 24.9. The van der Waals surface area contributed by atoms with E-state index in [1.807, 2.05) is 69.0 Å². The molecule has 0 fully saturated rings. The Kier molecular flexibility index (Phi) is 7.53. The van der Waals surface area contributed by atoms with Gasteiger partial charge in [-0.2, -0.15) is 0 Å². The third-order valence-electron chi connectivity index (χ3n) is 6.43. The maximum absolute atomic E-state index is 13.5. The third-order valence-corrected chi connectivity index (χ3v) is 6.43. The number of H-pyrrole nitrogens is 1. The summed E-state index contributed by atoms with van der Waals surface area (Å²) in [4.78, 5) is 33.7. The predicted molar refractivity (Wildman–Crippen MR) is 135 cm³/mol. The summed E-state index contributed by atoms with van der Waals surface area (Å²) in [5.74, 6) is 0.766. The van der Waals surface area contributed by atoms with Gasteiger partial charge >= 0.3 is 6.09 Å². The summed E-state index contributed by atoms with van der Waals surface area (Å²) in [5, 5.41) is 0. The molecule has 0 spiro atoms. The molecule has 2 heterocycles. The van der Waals surface area contributed by atoms with Gasteiger partial charge in [-0.15, -0.1) is 0 Å². The van der Waals surface area contributed by atoms with Gasteiger partial charge in [-0.3, -0.25) is 9.69 Å². The fourth-order valence-electron chi connectivity index (χ4n) is 4.78. The van der Waals surface area contributed by atoms with Crippen LogP contribution in [-0.4, -0.2) is 51.6 Å². The van der Waals surface area contributed by atoms with Gasteiger partial charge in [0.2, 0.25) is 0 Å². The normalized spacial score (nSPS) is 17.6. The number of aromatic nitrogens is 1. The number of carbonyl (C=O) groups excluding carboxylic acids is 2. The molecule has 0 bridgehead atoms. The average Bonchev–Trinajstić information content (AvgIpc) is 3.27. The number of allylic oxidation sites excluding steroid dienone is 1. The van der Waals surface area contributed by atoms with Gasteiger partial charge in [-0.25, -0.2) is 4.79 Å². The number of fused-ring (bicyclic) bond motifs is 1. The van der Waals surface area contributed by atoms with Crippen molar-refractivity contribution < 1.29 is 19.1 Å². The third kappa shape index (κ3) is 6.08. The molecule has 7 heteroatoms. The molecule has 2 amide bonds. The van der Waals surface area contributed by atoms with Gasteiger partial charge in [0.05, 0.1) is 18.8 Å². The molecule has 1 aromatic carbocycles.